The number of H-pyrrole nitrogens is 2. The minimum absolute atomic E-state index is 0.125. The van der Waals surface area contributed by atoms with Gasteiger partial charge < -0.3 is 9.64 Å². The fourth-order valence-corrected chi connectivity index (χ4v) is 3.14. The zero-order valence-corrected chi connectivity index (χ0v) is 15.2. The lowest BCUT2D eigenvalue weighted by Gasteiger charge is -2.21. The van der Waals surface area contributed by atoms with Crippen molar-refractivity contribution >= 4 is 5.91 Å². The number of ether oxygens (including phenoxy) is 1. The number of pyridine rings is 1. The summed E-state index contributed by atoms with van der Waals surface area (Å²) >= 11 is 0. The van der Waals surface area contributed by atoms with Crippen LogP contribution in [0.2, 0.25) is 0 Å². The molecule has 0 atom stereocenters. The third-order valence-corrected chi connectivity index (χ3v) is 4.67. The lowest BCUT2D eigenvalue weighted by molar-refractivity contribution is 0.0796. The van der Waals surface area contributed by atoms with Crippen LogP contribution in [0.25, 0.3) is 0 Å². The van der Waals surface area contributed by atoms with E-state index in [0.29, 0.717) is 35.4 Å². The summed E-state index contributed by atoms with van der Waals surface area (Å²) in [6.45, 7) is 0.535. The Morgan fingerprint density at radius 1 is 1.21 bits per heavy atom. The number of hydrogen-bond acceptors (Lipinski definition) is 5. The average molecular weight is 378 g/mol. The molecule has 0 aliphatic carbocycles. The molecule has 1 aliphatic heterocycles. The summed E-state index contributed by atoms with van der Waals surface area (Å²) in [5.74, 6) is 0.536. The highest BCUT2D eigenvalue weighted by atomic mass is 16.5. The van der Waals surface area contributed by atoms with Gasteiger partial charge in [0.15, 0.2) is 0 Å². The Labute approximate surface area is 159 Å². The number of hydrogen-bond donors (Lipinski definition) is 2. The van der Waals surface area contributed by atoms with Gasteiger partial charge in [-0.05, 0) is 30.3 Å². The number of nitrogens with one attached hydrogen (secondary N) is 2. The Balaban J connectivity index is 1.52. The molecule has 0 fully saturated rings. The van der Waals surface area contributed by atoms with Gasteiger partial charge in [0.1, 0.15) is 5.75 Å². The van der Waals surface area contributed by atoms with Crippen LogP contribution >= 0.6 is 0 Å². The van der Waals surface area contributed by atoms with E-state index >= 15 is 0 Å². The van der Waals surface area contributed by atoms with E-state index in [1.807, 2.05) is 18.2 Å². The molecule has 0 saturated carbocycles. The van der Waals surface area contributed by atoms with Crippen molar-refractivity contribution in [2.45, 2.75) is 12.8 Å². The number of carbonyl (C=O) groups excluding carboxylic acids is 1. The number of benzene rings is 1. The van der Waals surface area contributed by atoms with Crippen molar-refractivity contribution in [3.8, 4) is 11.6 Å². The molecular formula is C20H18N4O4. The molecule has 2 N–H and O–H groups in total. The molecule has 142 valence electrons. The molecule has 4 rings (SSSR count). The van der Waals surface area contributed by atoms with E-state index in [4.69, 9.17) is 4.74 Å². The number of aromatic nitrogens is 3. The highest BCUT2D eigenvalue weighted by Gasteiger charge is 2.23. The first-order valence-electron chi connectivity index (χ1n) is 8.83. The first-order chi connectivity index (χ1) is 13.5. The van der Waals surface area contributed by atoms with Gasteiger partial charge in [0.25, 0.3) is 11.5 Å². The van der Waals surface area contributed by atoms with Crippen molar-refractivity contribution in [1.82, 2.24) is 19.9 Å². The summed E-state index contributed by atoms with van der Waals surface area (Å²) in [5.41, 5.74) is 1.37. The van der Waals surface area contributed by atoms with Crippen LogP contribution in [0.4, 0.5) is 0 Å². The number of rotatable bonds is 4. The van der Waals surface area contributed by atoms with Gasteiger partial charge in [-0.15, -0.1) is 0 Å². The van der Waals surface area contributed by atoms with E-state index in [1.54, 1.807) is 36.3 Å². The Morgan fingerprint density at radius 2 is 2.07 bits per heavy atom. The van der Waals surface area contributed by atoms with Crippen molar-refractivity contribution in [2.75, 3.05) is 13.6 Å². The Kier molecular flexibility index (Phi) is 4.52. The molecule has 2 aromatic heterocycles. The number of fused-ring (bicyclic) bond motifs is 2. The molecule has 0 saturated heterocycles. The second-order valence-electron chi connectivity index (χ2n) is 6.62. The fourth-order valence-electron chi connectivity index (χ4n) is 3.14. The van der Waals surface area contributed by atoms with Crippen molar-refractivity contribution in [2.24, 2.45) is 0 Å². The molecular weight excluding hydrogens is 360 g/mol. The van der Waals surface area contributed by atoms with Crippen LogP contribution in [0.5, 0.6) is 11.6 Å². The van der Waals surface area contributed by atoms with Gasteiger partial charge in [-0.25, -0.2) is 4.79 Å². The first-order valence-corrected chi connectivity index (χ1v) is 8.83. The monoisotopic (exact) mass is 378 g/mol. The quantitative estimate of drug-likeness (QED) is 0.559. The number of amides is 1. The summed E-state index contributed by atoms with van der Waals surface area (Å²) in [6.07, 6.45) is 2.66. The maximum absolute atomic E-state index is 12.8. The molecule has 0 bridgehead atoms. The molecule has 1 aromatic carbocycles. The van der Waals surface area contributed by atoms with E-state index in [-0.39, 0.29) is 18.2 Å². The Morgan fingerprint density at radius 3 is 2.86 bits per heavy atom. The molecule has 28 heavy (non-hydrogen) atoms. The average Bonchev–Trinajstić information content (AvgIpc) is 2.70. The van der Waals surface area contributed by atoms with Gasteiger partial charge in [-0.2, -0.15) is 0 Å². The van der Waals surface area contributed by atoms with E-state index in [2.05, 4.69) is 15.0 Å². The molecule has 1 amide bonds. The number of carbonyl (C=O) groups is 1. The Hall–Kier alpha value is -3.68. The number of nitrogens with zero attached hydrogens (tertiary/aromatic N) is 2. The normalized spacial score (nSPS) is 11.9. The zero-order valence-electron chi connectivity index (χ0n) is 15.2. The van der Waals surface area contributed by atoms with Crippen molar-refractivity contribution in [3.05, 3.63) is 85.8 Å². The maximum atomic E-state index is 12.8. The highest BCUT2D eigenvalue weighted by molar-refractivity contribution is 5.94. The molecule has 8 nitrogen and oxygen atoms in total. The molecule has 1 aliphatic rings. The van der Waals surface area contributed by atoms with Gasteiger partial charge in [0.2, 0.25) is 5.88 Å². The highest BCUT2D eigenvalue weighted by Crippen LogP contribution is 2.33. The molecule has 0 spiro atoms. The van der Waals surface area contributed by atoms with Crippen LogP contribution in [-0.4, -0.2) is 39.4 Å². The van der Waals surface area contributed by atoms with E-state index in [9.17, 15) is 14.4 Å². The lowest BCUT2D eigenvalue weighted by atomic mass is 10.0. The summed E-state index contributed by atoms with van der Waals surface area (Å²) in [6, 6.07) is 10.8. The summed E-state index contributed by atoms with van der Waals surface area (Å²) in [5, 5.41) is 0. The SMILES string of the molecule is CN(CCc1ccccn1)C(=O)c1ccc2c(c1)Cc1c([nH]c(=O)[nH]c1=O)O2. The van der Waals surface area contributed by atoms with Gasteiger partial charge in [-0.1, -0.05) is 6.07 Å². The second kappa shape index (κ2) is 7.15. The summed E-state index contributed by atoms with van der Waals surface area (Å²) in [7, 11) is 1.74. The largest absolute Gasteiger partial charge is 0.440 e. The minimum atomic E-state index is -0.617. The predicted molar refractivity (Wildman–Crippen MR) is 102 cm³/mol. The van der Waals surface area contributed by atoms with Crippen LogP contribution in [0.3, 0.4) is 0 Å². The van der Waals surface area contributed by atoms with Crippen LogP contribution in [-0.2, 0) is 12.8 Å². The maximum Gasteiger partial charge on any atom is 0.328 e. The van der Waals surface area contributed by atoms with Crippen LogP contribution in [0.1, 0.15) is 27.2 Å². The number of aromatic amines is 2. The van der Waals surface area contributed by atoms with Crippen LogP contribution in [0, 0.1) is 0 Å². The summed E-state index contributed by atoms with van der Waals surface area (Å²) < 4.78 is 5.63. The zero-order chi connectivity index (χ0) is 19.7. The van der Waals surface area contributed by atoms with E-state index < -0.39 is 11.2 Å². The lowest BCUT2D eigenvalue weighted by Crippen LogP contribution is -2.30. The third kappa shape index (κ3) is 3.44. The van der Waals surface area contributed by atoms with Crippen molar-refractivity contribution in [1.29, 1.82) is 0 Å². The van der Waals surface area contributed by atoms with Gasteiger partial charge in [0.05, 0.1) is 5.56 Å². The van der Waals surface area contributed by atoms with Gasteiger partial charge in [0, 0.05) is 49.5 Å². The van der Waals surface area contributed by atoms with Gasteiger partial charge in [-0.3, -0.25) is 24.5 Å². The molecule has 0 unspecified atom stereocenters. The van der Waals surface area contributed by atoms with E-state index in [1.165, 1.54) is 0 Å². The molecule has 0 radical (unpaired) electrons. The molecule has 3 aromatic rings. The van der Waals surface area contributed by atoms with Crippen LogP contribution in [0.15, 0.2) is 52.2 Å². The van der Waals surface area contributed by atoms with Gasteiger partial charge >= 0.3 is 5.69 Å². The number of likely N-dealkylation sites (N-methyl/N-ethyl adjacent to an activating group) is 1. The smallest absolute Gasteiger partial charge is 0.328 e. The predicted octanol–water partition coefficient (Wildman–Crippen LogP) is 1.47. The van der Waals surface area contributed by atoms with E-state index in [0.717, 1.165) is 5.69 Å². The molecule has 3 heterocycles. The standard InChI is InChI=1S/C20H18N4O4/c1-24(9-7-14-4-2-3-8-21-14)19(26)12-5-6-16-13(10-12)11-15-17(25)22-20(27)23-18(15)28-16/h2-6,8,10H,7,9,11H2,1H3,(H2,22,23,25,27). The second-order valence-corrected chi connectivity index (χ2v) is 6.62. The third-order valence-electron chi connectivity index (χ3n) is 4.67. The van der Waals surface area contributed by atoms with Crippen molar-refractivity contribution < 1.29 is 9.53 Å². The summed E-state index contributed by atoms with van der Waals surface area (Å²) in [4.78, 5) is 46.7. The Bertz CT molecular complexity index is 1150. The van der Waals surface area contributed by atoms with Crippen molar-refractivity contribution in [3.63, 3.8) is 0 Å². The topological polar surface area (TPSA) is 108 Å². The van der Waals surface area contributed by atoms with Crippen LogP contribution < -0.4 is 16.0 Å². The minimum Gasteiger partial charge on any atom is -0.440 e. The first kappa shape index (κ1) is 17.7. The molecule has 8 heteroatoms. The fraction of sp³-hybridized carbons (Fsp3) is 0.200.